The first kappa shape index (κ1) is 22.6. The molecule has 0 aliphatic carbocycles. The molecule has 0 unspecified atom stereocenters. The highest BCUT2D eigenvalue weighted by Gasteiger charge is 2.25. The Bertz CT molecular complexity index is 952. The van der Waals surface area contributed by atoms with Gasteiger partial charge in [0.1, 0.15) is 34.5 Å². The van der Waals surface area contributed by atoms with Crippen LogP contribution in [0.1, 0.15) is 11.1 Å². The molecule has 0 bridgehead atoms. The van der Waals surface area contributed by atoms with E-state index in [9.17, 15) is 0 Å². The van der Waals surface area contributed by atoms with Crippen molar-refractivity contribution in [3.05, 3.63) is 35.4 Å². The van der Waals surface area contributed by atoms with Crippen LogP contribution < -0.4 is 28.4 Å². The molecule has 0 spiro atoms. The van der Waals surface area contributed by atoms with Crippen LogP contribution in [0.4, 0.5) is 0 Å². The SMILES string of the molecule is COc1cc(OC)c(-c2sc(-c3c(OC)cc(OC)cc3OC)c(C)c2C)c(OC)c1. The van der Waals surface area contributed by atoms with Crippen molar-refractivity contribution in [2.75, 3.05) is 42.7 Å². The van der Waals surface area contributed by atoms with Crippen LogP contribution >= 0.6 is 11.3 Å². The molecule has 0 aliphatic heterocycles. The van der Waals surface area contributed by atoms with Crippen molar-refractivity contribution in [1.82, 2.24) is 0 Å². The second-order valence-corrected chi connectivity index (χ2v) is 7.84. The third-order valence-corrected chi connectivity index (χ3v) is 6.76. The molecule has 166 valence electrons. The molecule has 0 aliphatic rings. The van der Waals surface area contributed by atoms with Crippen LogP contribution in [0.2, 0.25) is 0 Å². The van der Waals surface area contributed by atoms with Crippen LogP contribution in [0.15, 0.2) is 24.3 Å². The molecular weight excluding hydrogens is 416 g/mol. The van der Waals surface area contributed by atoms with Gasteiger partial charge in [-0.2, -0.15) is 0 Å². The molecule has 0 atom stereocenters. The highest BCUT2D eigenvalue weighted by atomic mass is 32.1. The van der Waals surface area contributed by atoms with E-state index in [0.29, 0.717) is 34.5 Å². The van der Waals surface area contributed by atoms with Gasteiger partial charge in [0.05, 0.1) is 53.8 Å². The van der Waals surface area contributed by atoms with Gasteiger partial charge in [-0.25, -0.2) is 0 Å². The molecule has 0 fully saturated rings. The molecule has 0 N–H and O–H groups in total. The first-order valence-electron chi connectivity index (χ1n) is 9.64. The second-order valence-electron chi connectivity index (χ2n) is 6.82. The minimum Gasteiger partial charge on any atom is -0.496 e. The third kappa shape index (κ3) is 3.97. The topological polar surface area (TPSA) is 55.4 Å². The Morgan fingerprint density at radius 3 is 1.00 bits per heavy atom. The van der Waals surface area contributed by atoms with Gasteiger partial charge >= 0.3 is 0 Å². The van der Waals surface area contributed by atoms with Gasteiger partial charge in [0, 0.05) is 34.0 Å². The number of hydrogen-bond acceptors (Lipinski definition) is 7. The number of methoxy groups -OCH3 is 6. The van der Waals surface area contributed by atoms with Crippen molar-refractivity contribution in [3.8, 4) is 55.4 Å². The first-order valence-corrected chi connectivity index (χ1v) is 10.5. The Hall–Kier alpha value is -3.06. The summed E-state index contributed by atoms with van der Waals surface area (Å²) in [5, 5.41) is 0. The smallest absolute Gasteiger partial charge is 0.134 e. The van der Waals surface area contributed by atoms with Gasteiger partial charge in [-0.3, -0.25) is 0 Å². The lowest BCUT2D eigenvalue weighted by atomic mass is 10.0. The van der Waals surface area contributed by atoms with Crippen LogP contribution in [-0.2, 0) is 0 Å². The van der Waals surface area contributed by atoms with Crippen molar-refractivity contribution < 1.29 is 28.4 Å². The lowest BCUT2D eigenvalue weighted by Crippen LogP contribution is -1.95. The predicted octanol–water partition coefficient (Wildman–Crippen LogP) is 5.75. The highest BCUT2D eigenvalue weighted by Crippen LogP contribution is 2.53. The van der Waals surface area contributed by atoms with Gasteiger partial charge < -0.3 is 28.4 Å². The summed E-state index contributed by atoms with van der Waals surface area (Å²) in [6.45, 7) is 4.19. The van der Waals surface area contributed by atoms with E-state index in [-0.39, 0.29) is 0 Å². The number of ether oxygens (including phenoxy) is 6. The fraction of sp³-hybridized carbons (Fsp3) is 0.333. The largest absolute Gasteiger partial charge is 0.496 e. The van der Waals surface area contributed by atoms with Crippen LogP contribution in [0.5, 0.6) is 34.5 Å². The van der Waals surface area contributed by atoms with Crippen LogP contribution in [0.25, 0.3) is 20.9 Å². The molecule has 3 aromatic rings. The Kier molecular flexibility index (Phi) is 6.85. The standard InChI is InChI=1S/C24H28O6S/c1-13-14(2)24(22-19(29-7)11-16(26-4)12-20(22)30-8)31-23(13)21-17(27-5)9-15(25-3)10-18(21)28-6/h9-12H,1-8H3. The maximum atomic E-state index is 5.70. The minimum absolute atomic E-state index is 0.669. The Labute approximate surface area is 187 Å². The fourth-order valence-electron chi connectivity index (χ4n) is 3.53. The molecule has 2 aromatic carbocycles. The maximum Gasteiger partial charge on any atom is 0.134 e. The Morgan fingerprint density at radius 1 is 0.484 bits per heavy atom. The van der Waals surface area contributed by atoms with E-state index >= 15 is 0 Å². The zero-order valence-electron chi connectivity index (χ0n) is 19.2. The fourth-order valence-corrected chi connectivity index (χ4v) is 4.95. The van der Waals surface area contributed by atoms with Crippen molar-refractivity contribution in [3.63, 3.8) is 0 Å². The maximum absolute atomic E-state index is 5.70. The van der Waals surface area contributed by atoms with E-state index in [1.807, 2.05) is 24.3 Å². The van der Waals surface area contributed by atoms with Crippen molar-refractivity contribution >= 4 is 11.3 Å². The molecule has 0 saturated carbocycles. The monoisotopic (exact) mass is 444 g/mol. The van der Waals surface area contributed by atoms with Gasteiger partial charge in [0.2, 0.25) is 0 Å². The summed E-state index contributed by atoms with van der Waals surface area (Å²) in [6, 6.07) is 7.45. The first-order chi connectivity index (χ1) is 14.9. The molecule has 7 heteroatoms. The summed E-state index contributed by atoms with van der Waals surface area (Å²) in [5.41, 5.74) is 4.02. The number of hydrogen-bond donors (Lipinski definition) is 0. The van der Waals surface area contributed by atoms with Gasteiger partial charge in [0.25, 0.3) is 0 Å². The number of benzene rings is 2. The Morgan fingerprint density at radius 2 is 0.774 bits per heavy atom. The normalized spacial score (nSPS) is 10.6. The number of thiophene rings is 1. The van der Waals surface area contributed by atoms with Crippen LogP contribution in [0.3, 0.4) is 0 Å². The summed E-state index contributed by atoms with van der Waals surface area (Å²) >= 11 is 1.64. The summed E-state index contributed by atoms with van der Waals surface area (Å²) < 4.78 is 33.6. The zero-order chi connectivity index (χ0) is 22.7. The second kappa shape index (κ2) is 9.39. The van der Waals surface area contributed by atoms with Crippen molar-refractivity contribution in [2.45, 2.75) is 13.8 Å². The molecule has 1 heterocycles. The van der Waals surface area contributed by atoms with E-state index < -0.39 is 0 Å². The number of rotatable bonds is 8. The summed E-state index contributed by atoms with van der Waals surface area (Å²) in [5.74, 6) is 4.06. The zero-order valence-corrected chi connectivity index (χ0v) is 20.0. The lowest BCUT2D eigenvalue weighted by molar-refractivity contribution is 0.377. The third-order valence-electron chi connectivity index (χ3n) is 5.33. The average Bonchev–Trinajstić information content (AvgIpc) is 3.10. The van der Waals surface area contributed by atoms with Crippen molar-refractivity contribution in [1.29, 1.82) is 0 Å². The summed E-state index contributed by atoms with van der Waals surface area (Å²) in [6.07, 6.45) is 0. The van der Waals surface area contributed by atoms with Gasteiger partial charge in [-0.05, 0) is 25.0 Å². The van der Waals surface area contributed by atoms with Gasteiger partial charge in [0.15, 0.2) is 0 Å². The van der Waals surface area contributed by atoms with Crippen LogP contribution in [0, 0.1) is 13.8 Å². The quantitative estimate of drug-likeness (QED) is 0.441. The van der Waals surface area contributed by atoms with E-state index in [4.69, 9.17) is 28.4 Å². The molecule has 1 aromatic heterocycles. The van der Waals surface area contributed by atoms with E-state index in [1.165, 1.54) is 0 Å². The summed E-state index contributed by atoms with van der Waals surface area (Å²) in [4.78, 5) is 2.09. The highest BCUT2D eigenvalue weighted by molar-refractivity contribution is 7.19. The molecule has 0 radical (unpaired) electrons. The lowest BCUT2D eigenvalue weighted by Gasteiger charge is -2.15. The van der Waals surface area contributed by atoms with Crippen molar-refractivity contribution in [2.24, 2.45) is 0 Å². The predicted molar refractivity (Wildman–Crippen MR) is 124 cm³/mol. The molecule has 3 rings (SSSR count). The molecular formula is C24H28O6S. The molecule has 0 amide bonds. The molecule has 6 nitrogen and oxygen atoms in total. The van der Waals surface area contributed by atoms with E-state index in [2.05, 4.69) is 13.8 Å². The average molecular weight is 445 g/mol. The van der Waals surface area contributed by atoms with E-state index in [1.54, 1.807) is 54.0 Å². The molecule has 0 saturated heterocycles. The van der Waals surface area contributed by atoms with Gasteiger partial charge in [-0.1, -0.05) is 0 Å². The summed E-state index contributed by atoms with van der Waals surface area (Å²) in [7, 11) is 9.81. The minimum atomic E-state index is 0.669. The van der Waals surface area contributed by atoms with Crippen LogP contribution in [-0.4, -0.2) is 42.7 Å². The van der Waals surface area contributed by atoms with Gasteiger partial charge in [-0.15, -0.1) is 11.3 Å². The van der Waals surface area contributed by atoms with E-state index in [0.717, 1.165) is 32.0 Å². The molecule has 31 heavy (non-hydrogen) atoms. The Balaban J connectivity index is 2.31.